The van der Waals surface area contributed by atoms with Gasteiger partial charge in [-0.15, -0.1) is 0 Å². The third-order valence-electron chi connectivity index (χ3n) is 3.24. The van der Waals surface area contributed by atoms with Crippen molar-refractivity contribution >= 4 is 0 Å². The van der Waals surface area contributed by atoms with E-state index in [1.165, 1.54) is 5.56 Å². The second-order valence-corrected chi connectivity index (χ2v) is 5.03. The lowest BCUT2D eigenvalue weighted by Gasteiger charge is -2.16. The van der Waals surface area contributed by atoms with E-state index in [1.54, 1.807) is 7.11 Å². The van der Waals surface area contributed by atoms with Crippen LogP contribution < -0.4 is 10.5 Å². The van der Waals surface area contributed by atoms with E-state index in [9.17, 15) is 0 Å². The molecule has 1 aromatic heterocycles. The summed E-state index contributed by atoms with van der Waals surface area (Å²) in [5.74, 6) is 2.78. The molecule has 0 spiro atoms. The summed E-state index contributed by atoms with van der Waals surface area (Å²) in [6.07, 6.45) is 0. The van der Waals surface area contributed by atoms with Crippen LogP contribution >= 0.6 is 0 Å². The number of benzene rings is 1. The highest BCUT2D eigenvalue weighted by molar-refractivity contribution is 5.37. The van der Waals surface area contributed by atoms with E-state index in [0.717, 1.165) is 35.9 Å². The molecule has 0 atom stereocenters. The smallest absolute Gasteiger partial charge is 0.123 e. The first-order valence-electron chi connectivity index (χ1n) is 6.72. The van der Waals surface area contributed by atoms with Crippen molar-refractivity contribution in [3.63, 3.8) is 0 Å². The fourth-order valence-corrected chi connectivity index (χ4v) is 2.29. The molecule has 0 unspecified atom stereocenters. The Morgan fingerprint density at radius 3 is 2.60 bits per heavy atom. The molecule has 0 aliphatic carbocycles. The van der Waals surface area contributed by atoms with Crippen LogP contribution in [0.3, 0.4) is 0 Å². The number of nitrogens with two attached hydrogens (primary N) is 1. The molecule has 2 aromatic rings. The maximum absolute atomic E-state index is 5.74. The molecule has 0 saturated carbocycles. The summed E-state index contributed by atoms with van der Waals surface area (Å²) in [7, 11) is 3.74. The molecular weight excluding hydrogens is 252 g/mol. The zero-order valence-electron chi connectivity index (χ0n) is 12.3. The lowest BCUT2D eigenvalue weighted by atomic mass is 10.1. The Labute approximate surface area is 120 Å². The largest absolute Gasteiger partial charge is 0.496 e. The van der Waals surface area contributed by atoms with Crippen LogP contribution in [-0.4, -0.2) is 19.1 Å². The van der Waals surface area contributed by atoms with Crippen molar-refractivity contribution in [1.29, 1.82) is 0 Å². The number of furan rings is 1. The summed E-state index contributed by atoms with van der Waals surface area (Å²) in [5.41, 5.74) is 8.00. The first-order valence-corrected chi connectivity index (χ1v) is 6.72. The van der Waals surface area contributed by atoms with E-state index < -0.39 is 0 Å². The van der Waals surface area contributed by atoms with Crippen molar-refractivity contribution in [2.45, 2.75) is 26.6 Å². The van der Waals surface area contributed by atoms with Gasteiger partial charge >= 0.3 is 0 Å². The Hall–Kier alpha value is -1.78. The van der Waals surface area contributed by atoms with E-state index in [2.05, 4.69) is 24.1 Å². The van der Waals surface area contributed by atoms with Gasteiger partial charge in [0.25, 0.3) is 0 Å². The highest BCUT2D eigenvalue weighted by atomic mass is 16.5. The number of rotatable bonds is 6. The van der Waals surface area contributed by atoms with Gasteiger partial charge in [0.1, 0.15) is 17.3 Å². The second kappa shape index (κ2) is 6.59. The molecule has 0 fully saturated rings. The van der Waals surface area contributed by atoms with Crippen LogP contribution in [0.2, 0.25) is 0 Å². The van der Waals surface area contributed by atoms with Crippen LogP contribution in [0.25, 0.3) is 0 Å². The quantitative estimate of drug-likeness (QED) is 0.880. The van der Waals surface area contributed by atoms with Crippen LogP contribution in [0.15, 0.2) is 34.7 Å². The molecule has 2 N–H and O–H groups in total. The Kier molecular flexibility index (Phi) is 4.82. The third-order valence-corrected chi connectivity index (χ3v) is 3.24. The van der Waals surface area contributed by atoms with Gasteiger partial charge in [-0.2, -0.15) is 0 Å². The van der Waals surface area contributed by atoms with Crippen LogP contribution in [0, 0.1) is 6.92 Å². The van der Waals surface area contributed by atoms with Gasteiger partial charge in [-0.05, 0) is 43.8 Å². The lowest BCUT2D eigenvalue weighted by Crippen LogP contribution is -2.17. The molecule has 0 aliphatic rings. The molecule has 0 saturated heterocycles. The molecule has 0 aliphatic heterocycles. The van der Waals surface area contributed by atoms with E-state index in [4.69, 9.17) is 14.9 Å². The molecule has 0 bridgehead atoms. The third kappa shape index (κ3) is 3.62. The first kappa shape index (κ1) is 14.6. The SMILES string of the molecule is COc1ccc(CN(C)Cc2ccc(C)o2)cc1CN. The predicted octanol–water partition coefficient (Wildman–Crippen LogP) is 2.69. The normalized spacial score (nSPS) is 11.1. The first-order chi connectivity index (χ1) is 9.62. The number of hydrogen-bond donors (Lipinski definition) is 1. The van der Waals surface area contributed by atoms with E-state index in [1.807, 2.05) is 25.1 Å². The zero-order chi connectivity index (χ0) is 14.5. The van der Waals surface area contributed by atoms with Crippen LogP contribution in [-0.2, 0) is 19.6 Å². The average molecular weight is 274 g/mol. The van der Waals surface area contributed by atoms with Gasteiger partial charge in [-0.1, -0.05) is 6.07 Å². The Balaban J connectivity index is 2.02. The molecule has 2 rings (SSSR count). The average Bonchev–Trinajstić information content (AvgIpc) is 2.83. The molecular formula is C16H22N2O2. The van der Waals surface area contributed by atoms with Crippen molar-refractivity contribution in [3.05, 3.63) is 53.0 Å². The minimum atomic E-state index is 0.484. The molecule has 1 aromatic carbocycles. The minimum absolute atomic E-state index is 0.484. The summed E-state index contributed by atoms with van der Waals surface area (Å²) < 4.78 is 10.9. The molecule has 4 nitrogen and oxygen atoms in total. The van der Waals surface area contributed by atoms with Crippen molar-refractivity contribution < 1.29 is 9.15 Å². The van der Waals surface area contributed by atoms with Gasteiger partial charge in [-0.3, -0.25) is 4.90 Å². The summed E-state index contributed by atoms with van der Waals surface area (Å²) in [6, 6.07) is 10.2. The number of aryl methyl sites for hydroxylation is 1. The summed E-state index contributed by atoms with van der Waals surface area (Å²) >= 11 is 0. The second-order valence-electron chi connectivity index (χ2n) is 5.03. The van der Waals surface area contributed by atoms with Gasteiger partial charge in [-0.25, -0.2) is 0 Å². The topological polar surface area (TPSA) is 51.6 Å². The standard InChI is InChI=1S/C16H22N2O2/c1-12-4-6-15(20-12)11-18(2)10-13-5-7-16(19-3)14(8-13)9-17/h4-8H,9-11,17H2,1-3H3. The molecule has 0 amide bonds. The molecule has 1 heterocycles. The van der Waals surface area contributed by atoms with Gasteiger partial charge < -0.3 is 14.9 Å². The van der Waals surface area contributed by atoms with Crippen molar-refractivity contribution in [2.24, 2.45) is 5.73 Å². The molecule has 20 heavy (non-hydrogen) atoms. The van der Waals surface area contributed by atoms with Gasteiger partial charge in [0.2, 0.25) is 0 Å². The maximum atomic E-state index is 5.74. The Morgan fingerprint density at radius 2 is 2.00 bits per heavy atom. The zero-order valence-corrected chi connectivity index (χ0v) is 12.3. The van der Waals surface area contributed by atoms with Crippen molar-refractivity contribution in [3.8, 4) is 5.75 Å². The predicted molar refractivity (Wildman–Crippen MR) is 79.5 cm³/mol. The Morgan fingerprint density at radius 1 is 1.20 bits per heavy atom. The highest BCUT2D eigenvalue weighted by Crippen LogP contribution is 2.20. The van der Waals surface area contributed by atoms with Crippen LogP contribution in [0.1, 0.15) is 22.6 Å². The molecule has 108 valence electrons. The highest BCUT2D eigenvalue weighted by Gasteiger charge is 2.07. The molecule has 0 radical (unpaired) electrons. The van der Waals surface area contributed by atoms with E-state index in [-0.39, 0.29) is 0 Å². The van der Waals surface area contributed by atoms with Crippen LogP contribution in [0.5, 0.6) is 5.75 Å². The number of nitrogens with zero attached hydrogens (tertiary/aromatic N) is 1. The number of methoxy groups -OCH3 is 1. The monoisotopic (exact) mass is 274 g/mol. The van der Waals surface area contributed by atoms with Gasteiger partial charge in [0.15, 0.2) is 0 Å². The maximum Gasteiger partial charge on any atom is 0.123 e. The fraction of sp³-hybridized carbons (Fsp3) is 0.375. The van der Waals surface area contributed by atoms with Crippen molar-refractivity contribution in [2.75, 3.05) is 14.2 Å². The summed E-state index contributed by atoms with van der Waals surface area (Å²) in [6.45, 7) is 4.08. The van der Waals surface area contributed by atoms with Crippen LogP contribution in [0.4, 0.5) is 0 Å². The minimum Gasteiger partial charge on any atom is -0.496 e. The van der Waals surface area contributed by atoms with E-state index >= 15 is 0 Å². The fourth-order valence-electron chi connectivity index (χ4n) is 2.29. The van der Waals surface area contributed by atoms with E-state index in [0.29, 0.717) is 6.54 Å². The van der Waals surface area contributed by atoms with Gasteiger partial charge in [0, 0.05) is 18.7 Å². The summed E-state index contributed by atoms with van der Waals surface area (Å²) in [4.78, 5) is 2.21. The van der Waals surface area contributed by atoms with Gasteiger partial charge in [0.05, 0.1) is 13.7 Å². The molecule has 4 heteroatoms. The summed E-state index contributed by atoms with van der Waals surface area (Å²) in [5, 5.41) is 0. The Bertz CT molecular complexity index is 563. The van der Waals surface area contributed by atoms with Crippen molar-refractivity contribution in [1.82, 2.24) is 4.90 Å². The number of hydrogen-bond acceptors (Lipinski definition) is 4. The number of ether oxygens (including phenoxy) is 1. The lowest BCUT2D eigenvalue weighted by molar-refractivity contribution is 0.285.